The molecule has 1 aliphatic rings. The molecule has 5 rings (SSSR count). The van der Waals surface area contributed by atoms with Crippen molar-refractivity contribution in [2.45, 2.75) is 18.9 Å². The second-order valence-electron chi connectivity index (χ2n) is 8.98. The number of aromatic amines is 1. The number of nitrogens with one attached hydrogen (secondary N) is 3. The zero-order valence-corrected chi connectivity index (χ0v) is 19.5. The highest BCUT2D eigenvalue weighted by Crippen LogP contribution is 2.23. The van der Waals surface area contributed by atoms with E-state index in [1.54, 1.807) is 12.1 Å². The predicted molar refractivity (Wildman–Crippen MR) is 137 cm³/mol. The highest BCUT2D eigenvalue weighted by molar-refractivity contribution is 6.00. The first kappa shape index (κ1) is 22.7. The Morgan fingerprint density at radius 3 is 2.54 bits per heavy atom. The molecule has 2 aromatic carbocycles. The van der Waals surface area contributed by atoms with Gasteiger partial charge in [0.1, 0.15) is 6.04 Å². The maximum atomic E-state index is 13.3. The van der Waals surface area contributed by atoms with Crippen LogP contribution in [0.2, 0.25) is 0 Å². The van der Waals surface area contributed by atoms with Crippen molar-refractivity contribution in [3.8, 4) is 0 Å². The highest BCUT2D eigenvalue weighted by atomic mass is 16.2. The number of carbonyl (C=O) groups excluding carboxylic acids is 2. The molecule has 178 valence electrons. The molecule has 1 saturated heterocycles. The van der Waals surface area contributed by atoms with Gasteiger partial charge in [0, 0.05) is 55.0 Å². The minimum absolute atomic E-state index is 0.193. The maximum absolute atomic E-state index is 13.3. The molecule has 7 nitrogen and oxygen atoms in total. The van der Waals surface area contributed by atoms with Gasteiger partial charge in [-0.15, -0.1) is 0 Å². The minimum atomic E-state index is -0.764. The third-order valence-corrected chi connectivity index (χ3v) is 6.70. The van der Waals surface area contributed by atoms with Crippen LogP contribution in [0, 0.1) is 5.92 Å². The van der Waals surface area contributed by atoms with Crippen LogP contribution in [0.4, 0.5) is 5.69 Å². The van der Waals surface area contributed by atoms with Crippen LogP contribution in [0.5, 0.6) is 0 Å². The normalized spacial score (nSPS) is 15.0. The summed E-state index contributed by atoms with van der Waals surface area (Å²) in [6, 6.07) is 20.1. The fraction of sp³-hybridized carbons (Fsp3) is 0.250. The first-order valence-corrected chi connectivity index (χ1v) is 12.0. The number of hydrogen-bond acceptors (Lipinski definition) is 4. The fourth-order valence-corrected chi connectivity index (χ4v) is 4.65. The lowest BCUT2D eigenvalue weighted by molar-refractivity contribution is -0.123. The lowest BCUT2D eigenvalue weighted by Gasteiger charge is -2.33. The summed E-state index contributed by atoms with van der Waals surface area (Å²) in [6.45, 7) is 2.49. The third kappa shape index (κ3) is 5.35. The molecule has 2 amide bonds. The molecule has 1 atom stereocenters. The number of nitrogens with zero attached hydrogens (tertiary/aromatic N) is 2. The van der Waals surface area contributed by atoms with Crippen molar-refractivity contribution in [3.63, 3.8) is 0 Å². The number of hydrogen-bond donors (Lipinski definition) is 3. The second kappa shape index (κ2) is 10.4. The van der Waals surface area contributed by atoms with Crippen molar-refractivity contribution >= 4 is 28.4 Å². The Labute approximate surface area is 204 Å². The third-order valence-electron chi connectivity index (χ3n) is 6.70. The summed E-state index contributed by atoms with van der Waals surface area (Å²) >= 11 is 0. The molecule has 0 bridgehead atoms. The van der Waals surface area contributed by atoms with Gasteiger partial charge in [0.05, 0.1) is 0 Å². The topological polar surface area (TPSA) is 90.1 Å². The standard InChI is InChI=1S/C28H29N5O2/c34-27(23-7-6-21-8-15-30-25(21)18-23)32-26(22-4-2-1-3-5-22)28(35)31-19-20-11-16-33(17-12-20)24-9-13-29-14-10-24/h1-10,13-15,18,20,26,30H,11-12,16-17,19H2,(H,31,35)(H,32,34)/t26-/m1/s1. The summed E-state index contributed by atoms with van der Waals surface area (Å²) in [5.41, 5.74) is 3.34. The number of pyridine rings is 1. The van der Waals surface area contributed by atoms with Crippen LogP contribution in [-0.4, -0.2) is 41.4 Å². The summed E-state index contributed by atoms with van der Waals surface area (Å²) in [7, 11) is 0. The van der Waals surface area contributed by atoms with Crippen LogP contribution in [0.3, 0.4) is 0 Å². The van der Waals surface area contributed by atoms with Crippen LogP contribution >= 0.6 is 0 Å². The molecule has 0 unspecified atom stereocenters. The van der Waals surface area contributed by atoms with Gasteiger partial charge in [-0.25, -0.2) is 0 Å². The predicted octanol–water partition coefficient (Wildman–Crippen LogP) is 4.07. The lowest BCUT2D eigenvalue weighted by Crippen LogP contribution is -2.43. The molecule has 7 heteroatoms. The quantitative estimate of drug-likeness (QED) is 0.382. The zero-order chi connectivity index (χ0) is 24.0. The van der Waals surface area contributed by atoms with Gasteiger partial charge in [0.15, 0.2) is 0 Å². The van der Waals surface area contributed by atoms with Crippen LogP contribution in [-0.2, 0) is 4.79 Å². The number of aromatic nitrogens is 2. The average Bonchev–Trinajstić information content (AvgIpc) is 3.40. The summed E-state index contributed by atoms with van der Waals surface area (Å²) in [5.74, 6) is -0.0716. The summed E-state index contributed by atoms with van der Waals surface area (Å²) in [4.78, 5) is 35.9. The van der Waals surface area contributed by atoms with Crippen molar-refractivity contribution in [2.24, 2.45) is 5.92 Å². The van der Waals surface area contributed by atoms with E-state index in [1.165, 1.54) is 5.69 Å². The number of amides is 2. The number of H-pyrrole nitrogens is 1. The van der Waals surface area contributed by atoms with Crippen LogP contribution in [0.15, 0.2) is 85.3 Å². The zero-order valence-electron chi connectivity index (χ0n) is 19.5. The Morgan fingerprint density at radius 2 is 1.77 bits per heavy atom. The van der Waals surface area contributed by atoms with Gasteiger partial charge in [-0.05, 0) is 60.0 Å². The summed E-state index contributed by atoms with van der Waals surface area (Å²) in [5, 5.41) is 7.08. The summed E-state index contributed by atoms with van der Waals surface area (Å²) in [6.07, 6.45) is 7.47. The van der Waals surface area contributed by atoms with Crippen molar-refractivity contribution in [1.29, 1.82) is 0 Å². The Kier molecular flexibility index (Phi) is 6.75. The number of rotatable bonds is 7. The van der Waals surface area contributed by atoms with E-state index in [-0.39, 0.29) is 11.8 Å². The minimum Gasteiger partial charge on any atom is -0.371 e. The van der Waals surface area contributed by atoms with Gasteiger partial charge >= 0.3 is 0 Å². The SMILES string of the molecule is O=C(N[C@@H](C(=O)NCC1CCN(c2ccncc2)CC1)c1ccccc1)c1ccc2cc[nH]c2c1. The van der Waals surface area contributed by atoms with Gasteiger partial charge < -0.3 is 20.5 Å². The fourth-order valence-electron chi connectivity index (χ4n) is 4.65. The van der Waals surface area contributed by atoms with E-state index >= 15 is 0 Å². The Morgan fingerprint density at radius 1 is 1.00 bits per heavy atom. The van der Waals surface area contributed by atoms with Crippen LogP contribution < -0.4 is 15.5 Å². The molecule has 0 saturated carbocycles. The molecule has 1 fully saturated rings. The molecule has 2 aromatic heterocycles. The van der Waals surface area contributed by atoms with E-state index in [2.05, 4.69) is 25.5 Å². The smallest absolute Gasteiger partial charge is 0.252 e. The molecular weight excluding hydrogens is 438 g/mol. The molecule has 3 N–H and O–H groups in total. The lowest BCUT2D eigenvalue weighted by atomic mass is 9.96. The number of benzene rings is 2. The van der Waals surface area contributed by atoms with E-state index in [0.717, 1.165) is 42.4 Å². The van der Waals surface area contributed by atoms with Crippen LogP contribution in [0.25, 0.3) is 10.9 Å². The Hall–Kier alpha value is -4.13. The first-order chi connectivity index (χ1) is 17.2. The Balaban J connectivity index is 1.22. The van der Waals surface area contributed by atoms with E-state index < -0.39 is 6.04 Å². The molecule has 4 aromatic rings. The van der Waals surface area contributed by atoms with E-state index in [0.29, 0.717) is 18.0 Å². The van der Waals surface area contributed by atoms with Crippen LogP contribution in [0.1, 0.15) is 34.8 Å². The number of piperidine rings is 1. The number of anilines is 1. The monoisotopic (exact) mass is 467 g/mol. The van der Waals surface area contributed by atoms with Gasteiger partial charge in [-0.2, -0.15) is 0 Å². The van der Waals surface area contributed by atoms with E-state index in [9.17, 15) is 9.59 Å². The van der Waals surface area contributed by atoms with E-state index in [1.807, 2.05) is 73.2 Å². The van der Waals surface area contributed by atoms with Gasteiger partial charge in [-0.1, -0.05) is 36.4 Å². The molecule has 1 aliphatic heterocycles. The van der Waals surface area contributed by atoms with Crippen molar-refractivity contribution in [3.05, 3.63) is 96.4 Å². The van der Waals surface area contributed by atoms with Crippen molar-refractivity contribution < 1.29 is 9.59 Å². The molecule has 35 heavy (non-hydrogen) atoms. The first-order valence-electron chi connectivity index (χ1n) is 12.0. The number of carbonyl (C=O) groups is 2. The molecular formula is C28H29N5O2. The van der Waals surface area contributed by atoms with Gasteiger partial charge in [0.2, 0.25) is 5.91 Å². The average molecular weight is 468 g/mol. The maximum Gasteiger partial charge on any atom is 0.252 e. The molecule has 0 radical (unpaired) electrons. The van der Waals surface area contributed by atoms with Gasteiger partial charge in [-0.3, -0.25) is 14.6 Å². The molecule has 3 heterocycles. The molecule has 0 aliphatic carbocycles. The van der Waals surface area contributed by atoms with Gasteiger partial charge in [0.25, 0.3) is 5.91 Å². The highest BCUT2D eigenvalue weighted by Gasteiger charge is 2.25. The second-order valence-corrected chi connectivity index (χ2v) is 8.98. The summed E-state index contributed by atoms with van der Waals surface area (Å²) < 4.78 is 0. The largest absolute Gasteiger partial charge is 0.371 e. The Bertz CT molecular complexity index is 1280. The molecule has 0 spiro atoms. The van der Waals surface area contributed by atoms with Crippen molar-refractivity contribution in [2.75, 3.05) is 24.5 Å². The van der Waals surface area contributed by atoms with Crippen molar-refractivity contribution in [1.82, 2.24) is 20.6 Å². The number of fused-ring (bicyclic) bond motifs is 1. The van der Waals surface area contributed by atoms with E-state index in [4.69, 9.17) is 0 Å².